The van der Waals surface area contributed by atoms with Gasteiger partial charge in [-0.15, -0.1) is 15.3 Å². The van der Waals surface area contributed by atoms with Gasteiger partial charge in [0.25, 0.3) is 5.82 Å². The number of furan rings is 1. The maximum Gasteiger partial charge on any atom is 0.453 e. The van der Waals surface area contributed by atoms with Crippen LogP contribution in [0.2, 0.25) is 0 Å². The van der Waals surface area contributed by atoms with Crippen molar-refractivity contribution < 1.29 is 22.4 Å². The predicted molar refractivity (Wildman–Crippen MR) is 79.4 cm³/mol. The van der Waals surface area contributed by atoms with Crippen LogP contribution < -0.4 is 10.6 Å². The van der Waals surface area contributed by atoms with Crippen molar-refractivity contribution in [2.24, 2.45) is 0 Å². The summed E-state index contributed by atoms with van der Waals surface area (Å²) in [5, 5.41) is 15.7. The Balaban J connectivity index is 1.70. The fourth-order valence-corrected chi connectivity index (χ4v) is 2.07. The Morgan fingerprint density at radius 1 is 1.32 bits per heavy atom. The van der Waals surface area contributed by atoms with Crippen molar-refractivity contribution in [3.05, 3.63) is 42.1 Å². The Hall–Kier alpha value is -3.11. The standard InChI is InChI=1S/C14H13F3N6O2/c1-8(12(24)18-7-9-3-2-6-25-9)19-10-4-5-11-20-21-13(14(15,16)17)23(11)22-10/h2-6,8H,7H2,1H3,(H,18,24)(H,19,22). The molecule has 8 nitrogen and oxygen atoms in total. The van der Waals surface area contributed by atoms with Crippen LogP contribution in [0.3, 0.4) is 0 Å². The number of carbonyl (C=O) groups is 1. The SMILES string of the molecule is CC(Nc1ccc2nnc(C(F)(F)F)n2n1)C(=O)NCc1ccco1. The van der Waals surface area contributed by atoms with Crippen molar-refractivity contribution in [2.45, 2.75) is 25.7 Å². The number of hydrogen-bond donors (Lipinski definition) is 2. The normalized spacial score (nSPS) is 13.0. The van der Waals surface area contributed by atoms with Gasteiger partial charge in [-0.3, -0.25) is 4.79 Å². The first-order chi connectivity index (χ1) is 11.8. The highest BCUT2D eigenvalue weighted by Crippen LogP contribution is 2.27. The summed E-state index contributed by atoms with van der Waals surface area (Å²) in [6.07, 6.45) is -3.20. The summed E-state index contributed by atoms with van der Waals surface area (Å²) >= 11 is 0. The number of nitrogens with zero attached hydrogens (tertiary/aromatic N) is 4. The van der Waals surface area contributed by atoms with Crippen molar-refractivity contribution in [1.82, 2.24) is 25.1 Å². The summed E-state index contributed by atoms with van der Waals surface area (Å²) in [6, 6.07) is 5.41. The Labute approximate surface area is 139 Å². The third-order valence-corrected chi connectivity index (χ3v) is 3.29. The Kier molecular flexibility index (Phi) is 4.30. The van der Waals surface area contributed by atoms with Gasteiger partial charge in [-0.2, -0.15) is 17.7 Å². The monoisotopic (exact) mass is 354 g/mol. The number of aromatic nitrogens is 4. The van der Waals surface area contributed by atoms with Gasteiger partial charge in [-0.25, -0.2) is 0 Å². The van der Waals surface area contributed by atoms with E-state index < -0.39 is 18.0 Å². The second-order valence-corrected chi connectivity index (χ2v) is 5.17. The third kappa shape index (κ3) is 3.70. The summed E-state index contributed by atoms with van der Waals surface area (Å²) in [7, 11) is 0. The second-order valence-electron chi connectivity index (χ2n) is 5.17. The van der Waals surface area contributed by atoms with Gasteiger partial charge < -0.3 is 15.1 Å². The fraction of sp³-hybridized carbons (Fsp3) is 0.286. The molecule has 1 unspecified atom stereocenters. The van der Waals surface area contributed by atoms with Crippen LogP contribution in [0.4, 0.5) is 19.0 Å². The highest BCUT2D eigenvalue weighted by atomic mass is 19.4. The average molecular weight is 354 g/mol. The molecular formula is C14H13F3N6O2. The van der Waals surface area contributed by atoms with Gasteiger partial charge >= 0.3 is 6.18 Å². The molecule has 2 N–H and O–H groups in total. The molecule has 0 aromatic carbocycles. The lowest BCUT2D eigenvalue weighted by Gasteiger charge is -2.14. The molecule has 0 spiro atoms. The number of fused-ring (bicyclic) bond motifs is 1. The van der Waals surface area contributed by atoms with Crippen LogP contribution in [-0.4, -0.2) is 31.8 Å². The van der Waals surface area contributed by atoms with Gasteiger partial charge in [0.2, 0.25) is 5.91 Å². The van der Waals surface area contributed by atoms with Crippen molar-refractivity contribution in [3.63, 3.8) is 0 Å². The van der Waals surface area contributed by atoms with Crippen LogP contribution >= 0.6 is 0 Å². The van der Waals surface area contributed by atoms with Crippen LogP contribution in [-0.2, 0) is 17.5 Å². The molecule has 0 bridgehead atoms. The lowest BCUT2D eigenvalue weighted by Crippen LogP contribution is -2.37. The molecule has 3 rings (SSSR count). The zero-order valence-electron chi connectivity index (χ0n) is 12.9. The molecule has 0 radical (unpaired) electrons. The minimum absolute atomic E-state index is 0.0483. The minimum Gasteiger partial charge on any atom is -0.467 e. The number of rotatable bonds is 5. The number of nitrogens with one attached hydrogen (secondary N) is 2. The van der Waals surface area contributed by atoms with Crippen LogP contribution in [0.5, 0.6) is 0 Å². The van der Waals surface area contributed by atoms with E-state index in [1.165, 1.54) is 18.4 Å². The number of alkyl halides is 3. The average Bonchev–Trinajstić information content (AvgIpc) is 3.20. The molecule has 0 aliphatic rings. The van der Waals surface area contributed by atoms with E-state index in [9.17, 15) is 18.0 Å². The summed E-state index contributed by atoms with van der Waals surface area (Å²) in [6.45, 7) is 1.76. The molecule has 1 amide bonds. The lowest BCUT2D eigenvalue weighted by atomic mass is 10.3. The molecular weight excluding hydrogens is 341 g/mol. The van der Waals surface area contributed by atoms with Crippen molar-refractivity contribution in [3.8, 4) is 0 Å². The number of hydrogen-bond acceptors (Lipinski definition) is 6. The molecule has 3 heterocycles. The minimum atomic E-state index is -4.68. The molecule has 25 heavy (non-hydrogen) atoms. The summed E-state index contributed by atoms with van der Waals surface area (Å²) in [4.78, 5) is 12.0. The summed E-state index contributed by atoms with van der Waals surface area (Å²) in [5.41, 5.74) is -0.0483. The highest BCUT2D eigenvalue weighted by Gasteiger charge is 2.37. The maximum atomic E-state index is 12.9. The molecule has 11 heteroatoms. The van der Waals surface area contributed by atoms with E-state index in [1.807, 2.05) is 0 Å². The Morgan fingerprint density at radius 2 is 2.12 bits per heavy atom. The molecule has 0 aliphatic heterocycles. The smallest absolute Gasteiger partial charge is 0.453 e. The fourth-order valence-electron chi connectivity index (χ4n) is 2.07. The molecule has 0 saturated heterocycles. The van der Waals surface area contributed by atoms with E-state index in [-0.39, 0.29) is 23.9 Å². The first kappa shape index (κ1) is 16.7. The Morgan fingerprint density at radius 3 is 2.80 bits per heavy atom. The third-order valence-electron chi connectivity index (χ3n) is 3.29. The van der Waals surface area contributed by atoms with Crippen LogP contribution in [0.1, 0.15) is 18.5 Å². The van der Waals surface area contributed by atoms with Gasteiger partial charge in [0, 0.05) is 0 Å². The van der Waals surface area contributed by atoms with Crippen molar-refractivity contribution >= 4 is 17.4 Å². The lowest BCUT2D eigenvalue weighted by molar-refractivity contribution is -0.146. The maximum absolute atomic E-state index is 12.9. The van der Waals surface area contributed by atoms with Crippen LogP contribution in [0.15, 0.2) is 34.9 Å². The molecule has 3 aromatic rings. The van der Waals surface area contributed by atoms with Gasteiger partial charge in [-0.05, 0) is 31.2 Å². The van der Waals surface area contributed by atoms with E-state index in [0.29, 0.717) is 10.3 Å². The zero-order valence-corrected chi connectivity index (χ0v) is 12.9. The van der Waals surface area contributed by atoms with E-state index in [0.717, 1.165) is 0 Å². The summed E-state index contributed by atoms with van der Waals surface area (Å²) < 4.78 is 44.2. The van der Waals surface area contributed by atoms with E-state index in [4.69, 9.17) is 4.42 Å². The van der Waals surface area contributed by atoms with Crippen LogP contribution in [0.25, 0.3) is 5.65 Å². The van der Waals surface area contributed by atoms with Gasteiger partial charge in [0.1, 0.15) is 17.6 Å². The molecule has 132 valence electrons. The molecule has 0 fully saturated rings. The molecule has 3 aromatic heterocycles. The van der Waals surface area contributed by atoms with Crippen molar-refractivity contribution in [1.29, 1.82) is 0 Å². The first-order valence-corrected chi connectivity index (χ1v) is 7.21. The van der Waals surface area contributed by atoms with E-state index in [2.05, 4.69) is 25.9 Å². The molecule has 1 atom stereocenters. The number of carbonyl (C=O) groups excluding carboxylic acids is 1. The summed E-state index contributed by atoms with van der Waals surface area (Å²) in [5.74, 6) is -0.933. The molecule has 0 aliphatic carbocycles. The highest BCUT2D eigenvalue weighted by molar-refractivity contribution is 5.83. The number of halogens is 3. The topological polar surface area (TPSA) is 97.4 Å². The second kappa shape index (κ2) is 6.42. The number of amides is 1. The predicted octanol–water partition coefficient (Wildman–Crippen LogP) is 1.85. The first-order valence-electron chi connectivity index (χ1n) is 7.21. The molecule has 0 saturated carbocycles. The zero-order chi connectivity index (χ0) is 18.0. The van der Waals surface area contributed by atoms with E-state index in [1.54, 1.807) is 19.1 Å². The van der Waals surface area contributed by atoms with Crippen molar-refractivity contribution in [2.75, 3.05) is 5.32 Å². The quantitative estimate of drug-likeness (QED) is 0.726. The largest absolute Gasteiger partial charge is 0.467 e. The van der Waals surface area contributed by atoms with Crippen LogP contribution in [0, 0.1) is 0 Å². The van der Waals surface area contributed by atoms with Gasteiger partial charge in [0.15, 0.2) is 5.65 Å². The van der Waals surface area contributed by atoms with Gasteiger partial charge in [-0.1, -0.05) is 0 Å². The Bertz CT molecular complexity index is 874. The van der Waals surface area contributed by atoms with E-state index >= 15 is 0 Å². The van der Waals surface area contributed by atoms with Gasteiger partial charge in [0.05, 0.1) is 12.8 Å². The number of anilines is 1.